The molecule has 0 amide bonds. The van der Waals surface area contributed by atoms with Crippen molar-refractivity contribution in [2.45, 2.75) is 6.92 Å². The Morgan fingerprint density at radius 3 is 2.60 bits per heavy atom. The minimum absolute atomic E-state index is 0.105. The molecule has 0 unspecified atom stereocenters. The molecule has 4 nitrogen and oxygen atoms in total. The second-order valence-electron chi connectivity index (χ2n) is 3.84. The van der Waals surface area contributed by atoms with Crippen molar-refractivity contribution < 1.29 is 4.74 Å². The van der Waals surface area contributed by atoms with E-state index in [0.29, 0.717) is 31.7 Å². The van der Waals surface area contributed by atoms with Crippen molar-refractivity contribution >= 4 is 56.3 Å². The van der Waals surface area contributed by atoms with Crippen LogP contribution in [0.1, 0.15) is 11.4 Å². The lowest BCUT2D eigenvalue weighted by Crippen LogP contribution is -2.13. The first-order chi connectivity index (χ1) is 9.36. The molecule has 1 aromatic heterocycles. The molecule has 0 aliphatic carbocycles. The van der Waals surface area contributed by atoms with Gasteiger partial charge in [-0.1, -0.05) is 35.4 Å². The zero-order chi connectivity index (χ0) is 14.9. The summed E-state index contributed by atoms with van der Waals surface area (Å²) in [4.78, 5) is 8.42. The van der Waals surface area contributed by atoms with Crippen LogP contribution in [0.4, 0.5) is 0 Å². The van der Waals surface area contributed by atoms with Gasteiger partial charge >= 0.3 is 6.01 Å². The van der Waals surface area contributed by atoms with Crippen LogP contribution in [-0.2, 0) is 0 Å². The van der Waals surface area contributed by atoms with Crippen LogP contribution in [0.2, 0.25) is 10.0 Å². The van der Waals surface area contributed by atoms with E-state index in [0.717, 1.165) is 0 Å². The molecule has 0 aliphatic rings. The van der Waals surface area contributed by atoms with Crippen molar-refractivity contribution in [1.82, 2.24) is 9.97 Å². The first kappa shape index (κ1) is 15.4. The Morgan fingerprint density at radius 1 is 1.25 bits per heavy atom. The lowest BCUT2D eigenvalue weighted by atomic mass is 10.3. The van der Waals surface area contributed by atoms with Gasteiger partial charge in [-0.05, 0) is 35.0 Å². The van der Waals surface area contributed by atoms with Gasteiger partial charge in [0.05, 0.1) is 10.0 Å². The quantitative estimate of drug-likeness (QED) is 0.623. The third kappa shape index (κ3) is 3.58. The smallest absolute Gasteiger partial charge is 0.322 e. The summed E-state index contributed by atoms with van der Waals surface area (Å²) < 4.78 is 6.21. The lowest BCUT2D eigenvalue weighted by molar-refractivity contribution is 0.440. The Morgan fingerprint density at radius 2 is 1.95 bits per heavy atom. The maximum Gasteiger partial charge on any atom is 0.322 e. The van der Waals surface area contributed by atoms with Crippen LogP contribution in [0, 0.1) is 6.92 Å². The predicted molar refractivity (Wildman–Crippen MR) is 86.9 cm³/mol. The molecule has 0 radical (unpaired) electrons. The van der Waals surface area contributed by atoms with Gasteiger partial charge in [0.15, 0.2) is 5.75 Å². The van der Waals surface area contributed by atoms with Crippen molar-refractivity contribution in [1.29, 1.82) is 0 Å². The summed E-state index contributed by atoms with van der Waals surface area (Å²) in [5.41, 5.74) is 6.66. The SMILES string of the molecule is Cc1cc(C(N)=S)nc(Oc2cc(Cl)c(Br)cc2Cl)n1. The second-order valence-corrected chi connectivity index (χ2v) is 5.95. The molecule has 0 saturated heterocycles. The van der Waals surface area contributed by atoms with Gasteiger partial charge in [0.2, 0.25) is 0 Å². The molecular formula is C12H8BrCl2N3OS. The number of nitrogens with two attached hydrogens (primary N) is 1. The van der Waals surface area contributed by atoms with Gasteiger partial charge in [-0.25, -0.2) is 4.98 Å². The molecule has 2 rings (SSSR count). The van der Waals surface area contributed by atoms with Gasteiger partial charge in [0.25, 0.3) is 0 Å². The van der Waals surface area contributed by atoms with Crippen LogP contribution in [-0.4, -0.2) is 15.0 Å². The fourth-order valence-corrected chi connectivity index (χ4v) is 2.33. The van der Waals surface area contributed by atoms with E-state index >= 15 is 0 Å². The van der Waals surface area contributed by atoms with E-state index in [2.05, 4.69) is 25.9 Å². The summed E-state index contributed by atoms with van der Waals surface area (Å²) in [5, 5.41) is 0.842. The number of halogens is 3. The van der Waals surface area contributed by atoms with Crippen LogP contribution >= 0.6 is 51.3 Å². The summed E-state index contributed by atoms with van der Waals surface area (Å²) >= 11 is 20.2. The second kappa shape index (κ2) is 6.22. The van der Waals surface area contributed by atoms with Crippen molar-refractivity contribution in [3.8, 4) is 11.8 Å². The standard InChI is InChI=1S/C12H8BrCl2N3OS/c1-5-2-9(11(16)20)18-12(17-5)19-10-4-7(14)6(13)3-8(10)15/h2-4H,1H3,(H2,16,20). The average Bonchev–Trinajstić information content (AvgIpc) is 2.35. The van der Waals surface area contributed by atoms with E-state index in [1.807, 2.05) is 0 Å². The number of hydrogen-bond acceptors (Lipinski definition) is 4. The highest BCUT2D eigenvalue weighted by Gasteiger charge is 2.11. The normalized spacial score (nSPS) is 10.4. The molecule has 0 bridgehead atoms. The van der Waals surface area contributed by atoms with Crippen molar-refractivity contribution in [2.75, 3.05) is 0 Å². The largest absolute Gasteiger partial charge is 0.423 e. The lowest BCUT2D eigenvalue weighted by Gasteiger charge is -2.09. The first-order valence-corrected chi connectivity index (χ1v) is 7.30. The highest BCUT2D eigenvalue weighted by Crippen LogP contribution is 2.35. The van der Waals surface area contributed by atoms with Crippen LogP contribution in [0.15, 0.2) is 22.7 Å². The van der Waals surface area contributed by atoms with E-state index < -0.39 is 0 Å². The van der Waals surface area contributed by atoms with Gasteiger partial charge in [0, 0.05) is 16.2 Å². The van der Waals surface area contributed by atoms with Crippen LogP contribution in [0.5, 0.6) is 11.8 Å². The van der Waals surface area contributed by atoms with Gasteiger partial charge < -0.3 is 10.5 Å². The molecule has 8 heteroatoms. The summed E-state index contributed by atoms with van der Waals surface area (Å²) in [6.45, 7) is 1.78. The van der Waals surface area contributed by atoms with Gasteiger partial charge in [-0.3, -0.25) is 0 Å². The third-order valence-electron chi connectivity index (χ3n) is 2.26. The van der Waals surface area contributed by atoms with E-state index in [9.17, 15) is 0 Å². The van der Waals surface area contributed by atoms with E-state index in [-0.39, 0.29) is 11.0 Å². The van der Waals surface area contributed by atoms with Gasteiger partial charge in [-0.2, -0.15) is 4.98 Å². The molecule has 0 atom stereocenters. The fraction of sp³-hybridized carbons (Fsp3) is 0.0833. The molecule has 2 aromatic rings. The molecule has 0 fully saturated rings. The number of hydrogen-bond donors (Lipinski definition) is 1. The Labute approximate surface area is 139 Å². The first-order valence-electron chi connectivity index (χ1n) is 5.34. The van der Waals surface area contributed by atoms with Crippen molar-refractivity contribution in [2.24, 2.45) is 5.73 Å². The summed E-state index contributed by atoms with van der Waals surface area (Å²) in [5.74, 6) is 0.347. The fourth-order valence-electron chi connectivity index (χ4n) is 1.39. The van der Waals surface area contributed by atoms with E-state index in [1.54, 1.807) is 25.1 Å². The maximum absolute atomic E-state index is 6.07. The molecular weight excluding hydrogens is 385 g/mol. The number of nitrogens with zero attached hydrogens (tertiary/aromatic N) is 2. The summed E-state index contributed by atoms with van der Waals surface area (Å²) in [6.07, 6.45) is 0. The summed E-state index contributed by atoms with van der Waals surface area (Å²) in [7, 11) is 0. The molecule has 1 aromatic carbocycles. The monoisotopic (exact) mass is 391 g/mol. The van der Waals surface area contributed by atoms with Gasteiger partial charge in [0.1, 0.15) is 10.7 Å². The molecule has 20 heavy (non-hydrogen) atoms. The van der Waals surface area contributed by atoms with E-state index in [1.165, 1.54) is 0 Å². The van der Waals surface area contributed by atoms with Gasteiger partial charge in [-0.15, -0.1) is 0 Å². The van der Waals surface area contributed by atoms with Crippen LogP contribution in [0.3, 0.4) is 0 Å². The number of aryl methyl sites for hydroxylation is 1. The highest BCUT2D eigenvalue weighted by atomic mass is 79.9. The van der Waals surface area contributed by atoms with Crippen LogP contribution < -0.4 is 10.5 Å². The van der Waals surface area contributed by atoms with Crippen molar-refractivity contribution in [3.05, 3.63) is 44.1 Å². The molecule has 0 aliphatic heterocycles. The van der Waals surface area contributed by atoms with Crippen LogP contribution in [0.25, 0.3) is 0 Å². The molecule has 0 saturated carbocycles. The average molecular weight is 393 g/mol. The van der Waals surface area contributed by atoms with E-state index in [4.69, 9.17) is 45.9 Å². The zero-order valence-corrected chi connectivity index (χ0v) is 14.1. The third-order valence-corrected chi connectivity index (χ3v) is 3.96. The Hall–Kier alpha value is -0.950. The number of aromatic nitrogens is 2. The number of ether oxygens (including phenoxy) is 1. The molecule has 2 N–H and O–H groups in total. The Bertz CT molecular complexity index is 697. The minimum Gasteiger partial charge on any atom is -0.423 e. The molecule has 0 spiro atoms. The number of benzene rings is 1. The molecule has 104 valence electrons. The zero-order valence-electron chi connectivity index (χ0n) is 10.2. The highest BCUT2D eigenvalue weighted by molar-refractivity contribution is 9.10. The minimum atomic E-state index is 0.105. The number of thiocarbonyl (C=S) groups is 1. The Balaban J connectivity index is 2.40. The molecule has 1 heterocycles. The Kier molecular flexibility index (Phi) is 4.80. The number of rotatable bonds is 3. The maximum atomic E-state index is 6.07. The van der Waals surface area contributed by atoms with Crippen molar-refractivity contribution in [3.63, 3.8) is 0 Å². The topological polar surface area (TPSA) is 61.0 Å². The summed E-state index contributed by atoms with van der Waals surface area (Å²) in [6, 6.07) is 4.97. The predicted octanol–water partition coefficient (Wildman–Crippen LogP) is 4.28.